The lowest BCUT2D eigenvalue weighted by molar-refractivity contribution is -0.122. The number of hydrogen-bond acceptors (Lipinski definition) is 3. The van der Waals surface area contributed by atoms with E-state index in [1.165, 1.54) is 0 Å². The molecule has 0 spiro atoms. The number of carbonyl (C=O) groups excluding carboxylic acids is 2. The zero-order valence-electron chi connectivity index (χ0n) is 14.0. The van der Waals surface area contributed by atoms with Crippen molar-refractivity contribution in [3.8, 4) is 0 Å². The van der Waals surface area contributed by atoms with Crippen molar-refractivity contribution in [2.75, 3.05) is 11.9 Å². The summed E-state index contributed by atoms with van der Waals surface area (Å²) in [6, 6.07) is 5.05. The normalized spacial score (nSPS) is 18.3. The van der Waals surface area contributed by atoms with Crippen LogP contribution in [0.25, 0.3) is 10.9 Å². The van der Waals surface area contributed by atoms with Crippen LogP contribution in [0.3, 0.4) is 0 Å². The van der Waals surface area contributed by atoms with Crippen LogP contribution in [-0.2, 0) is 4.79 Å². The predicted molar refractivity (Wildman–Crippen MR) is 92.9 cm³/mol. The SMILES string of the molecule is CC(C)n1ncc2ccc(NC(=O)N[C@H]3CCCCNC3=O)cc21. The van der Waals surface area contributed by atoms with E-state index in [-0.39, 0.29) is 18.0 Å². The predicted octanol–water partition coefficient (Wildman–Crippen LogP) is 2.41. The number of nitrogens with zero attached hydrogens (tertiary/aromatic N) is 2. The molecule has 3 amide bonds. The van der Waals surface area contributed by atoms with E-state index in [4.69, 9.17) is 0 Å². The minimum Gasteiger partial charge on any atom is -0.354 e. The number of benzene rings is 1. The summed E-state index contributed by atoms with van der Waals surface area (Å²) >= 11 is 0. The fraction of sp³-hybridized carbons (Fsp3) is 0.471. The van der Waals surface area contributed by atoms with Crippen molar-refractivity contribution in [3.63, 3.8) is 0 Å². The molecule has 7 heteroatoms. The Morgan fingerprint density at radius 2 is 2.21 bits per heavy atom. The van der Waals surface area contributed by atoms with Gasteiger partial charge in [0.15, 0.2) is 0 Å². The maximum atomic E-state index is 12.2. The van der Waals surface area contributed by atoms with Crippen LogP contribution in [0.4, 0.5) is 10.5 Å². The van der Waals surface area contributed by atoms with E-state index in [1.807, 2.05) is 29.1 Å². The fourth-order valence-corrected chi connectivity index (χ4v) is 2.93. The van der Waals surface area contributed by atoms with Crippen molar-refractivity contribution in [2.45, 2.75) is 45.2 Å². The van der Waals surface area contributed by atoms with Crippen molar-refractivity contribution in [2.24, 2.45) is 0 Å². The first-order chi connectivity index (χ1) is 11.5. The molecule has 1 aliphatic rings. The van der Waals surface area contributed by atoms with Crippen LogP contribution in [0.2, 0.25) is 0 Å². The number of urea groups is 1. The number of rotatable bonds is 3. The summed E-state index contributed by atoms with van der Waals surface area (Å²) in [5, 5.41) is 13.8. The quantitative estimate of drug-likeness (QED) is 0.808. The van der Waals surface area contributed by atoms with E-state index in [9.17, 15) is 9.59 Å². The van der Waals surface area contributed by atoms with Crippen LogP contribution in [0.5, 0.6) is 0 Å². The highest BCUT2D eigenvalue weighted by atomic mass is 16.2. The fourth-order valence-electron chi connectivity index (χ4n) is 2.93. The summed E-state index contributed by atoms with van der Waals surface area (Å²) in [5.41, 5.74) is 1.64. The summed E-state index contributed by atoms with van der Waals surface area (Å²) in [5.74, 6) is -0.115. The third kappa shape index (κ3) is 3.50. The van der Waals surface area contributed by atoms with Gasteiger partial charge in [0.1, 0.15) is 6.04 Å². The molecule has 2 heterocycles. The second-order valence-electron chi connectivity index (χ2n) is 6.39. The molecule has 0 unspecified atom stereocenters. The van der Waals surface area contributed by atoms with E-state index < -0.39 is 6.04 Å². The number of hydrogen-bond donors (Lipinski definition) is 3. The Kier molecular flexibility index (Phi) is 4.69. The van der Waals surface area contributed by atoms with Crippen LogP contribution in [-0.4, -0.2) is 34.3 Å². The molecule has 24 heavy (non-hydrogen) atoms. The molecule has 3 rings (SSSR count). The molecule has 0 radical (unpaired) electrons. The molecule has 1 fully saturated rings. The van der Waals surface area contributed by atoms with Crippen molar-refractivity contribution in [3.05, 3.63) is 24.4 Å². The third-order valence-electron chi connectivity index (χ3n) is 4.19. The summed E-state index contributed by atoms with van der Waals surface area (Å²) < 4.78 is 1.91. The van der Waals surface area contributed by atoms with E-state index in [1.54, 1.807) is 0 Å². The van der Waals surface area contributed by atoms with Gasteiger partial charge in [-0.05, 0) is 51.3 Å². The number of fused-ring (bicyclic) bond motifs is 1. The number of carbonyl (C=O) groups is 2. The zero-order valence-corrected chi connectivity index (χ0v) is 14.0. The lowest BCUT2D eigenvalue weighted by Gasteiger charge is -2.16. The molecule has 0 saturated carbocycles. The lowest BCUT2D eigenvalue weighted by atomic mass is 10.1. The number of anilines is 1. The summed E-state index contributed by atoms with van der Waals surface area (Å²) in [4.78, 5) is 24.1. The van der Waals surface area contributed by atoms with Gasteiger partial charge < -0.3 is 16.0 Å². The van der Waals surface area contributed by atoms with Crippen molar-refractivity contribution in [1.29, 1.82) is 0 Å². The highest BCUT2D eigenvalue weighted by molar-refractivity contribution is 5.95. The average Bonchev–Trinajstić information content (AvgIpc) is 2.86. The Labute approximate surface area is 140 Å². The van der Waals surface area contributed by atoms with Crippen molar-refractivity contribution < 1.29 is 9.59 Å². The maximum Gasteiger partial charge on any atom is 0.319 e. The second-order valence-corrected chi connectivity index (χ2v) is 6.39. The topological polar surface area (TPSA) is 88.1 Å². The molecule has 1 aromatic heterocycles. The van der Waals surface area contributed by atoms with Gasteiger partial charge in [-0.3, -0.25) is 9.48 Å². The van der Waals surface area contributed by atoms with E-state index in [2.05, 4.69) is 34.9 Å². The molecule has 128 valence electrons. The molecule has 0 bridgehead atoms. The van der Waals surface area contributed by atoms with Gasteiger partial charge in [0.2, 0.25) is 5.91 Å². The van der Waals surface area contributed by atoms with Gasteiger partial charge in [-0.25, -0.2) is 4.79 Å². The van der Waals surface area contributed by atoms with Crippen LogP contribution >= 0.6 is 0 Å². The summed E-state index contributed by atoms with van der Waals surface area (Å²) in [6.07, 6.45) is 4.35. The van der Waals surface area contributed by atoms with Gasteiger partial charge in [0.05, 0.1) is 11.7 Å². The van der Waals surface area contributed by atoms with Gasteiger partial charge >= 0.3 is 6.03 Å². The van der Waals surface area contributed by atoms with Gasteiger partial charge in [-0.2, -0.15) is 5.10 Å². The van der Waals surface area contributed by atoms with Crippen LogP contribution in [0.1, 0.15) is 39.2 Å². The van der Waals surface area contributed by atoms with Gasteiger partial charge in [-0.1, -0.05) is 0 Å². The minimum absolute atomic E-state index is 0.115. The standard InChI is InChI=1S/C17H23N5O2/c1-11(2)22-15-9-13(7-6-12(15)10-19-22)20-17(24)21-14-5-3-4-8-18-16(14)23/h6-7,9-11,14H,3-5,8H2,1-2H3,(H,18,23)(H2,20,21,24)/t14-/m0/s1. The van der Waals surface area contributed by atoms with Crippen molar-refractivity contribution >= 4 is 28.5 Å². The van der Waals surface area contributed by atoms with Crippen LogP contribution < -0.4 is 16.0 Å². The third-order valence-corrected chi connectivity index (χ3v) is 4.19. The highest BCUT2D eigenvalue weighted by Crippen LogP contribution is 2.21. The van der Waals surface area contributed by atoms with E-state index in [0.29, 0.717) is 18.7 Å². The smallest absolute Gasteiger partial charge is 0.319 e. The van der Waals surface area contributed by atoms with E-state index >= 15 is 0 Å². The van der Waals surface area contributed by atoms with Gasteiger partial charge in [0.25, 0.3) is 0 Å². The maximum absolute atomic E-state index is 12.2. The number of amides is 3. The Balaban J connectivity index is 1.70. The molecule has 1 aliphatic heterocycles. The molecule has 1 aromatic carbocycles. The Hall–Kier alpha value is -2.57. The molecule has 0 aliphatic carbocycles. The van der Waals surface area contributed by atoms with E-state index in [0.717, 1.165) is 23.7 Å². The first kappa shape index (κ1) is 16.3. The molecular weight excluding hydrogens is 306 g/mol. The zero-order chi connectivity index (χ0) is 17.1. The molecule has 1 saturated heterocycles. The number of aromatic nitrogens is 2. The molecule has 3 N–H and O–H groups in total. The first-order valence-corrected chi connectivity index (χ1v) is 8.37. The molecule has 7 nitrogen and oxygen atoms in total. The monoisotopic (exact) mass is 329 g/mol. The molecule has 1 atom stereocenters. The van der Waals surface area contributed by atoms with Crippen molar-refractivity contribution in [1.82, 2.24) is 20.4 Å². The summed E-state index contributed by atoms with van der Waals surface area (Å²) in [7, 11) is 0. The molecule has 2 aromatic rings. The van der Waals surface area contributed by atoms with Crippen LogP contribution in [0.15, 0.2) is 24.4 Å². The molecular formula is C17H23N5O2. The minimum atomic E-state index is -0.475. The second kappa shape index (κ2) is 6.90. The Morgan fingerprint density at radius 1 is 1.38 bits per heavy atom. The largest absolute Gasteiger partial charge is 0.354 e. The Morgan fingerprint density at radius 3 is 3.00 bits per heavy atom. The highest BCUT2D eigenvalue weighted by Gasteiger charge is 2.22. The Bertz CT molecular complexity index is 753. The first-order valence-electron chi connectivity index (χ1n) is 8.37. The summed E-state index contributed by atoms with van der Waals surface area (Å²) in [6.45, 7) is 4.79. The average molecular weight is 329 g/mol. The van der Waals surface area contributed by atoms with Gasteiger partial charge in [-0.15, -0.1) is 0 Å². The van der Waals surface area contributed by atoms with Crippen LogP contribution in [0, 0.1) is 0 Å². The van der Waals surface area contributed by atoms with Gasteiger partial charge in [0, 0.05) is 23.7 Å². The number of nitrogens with one attached hydrogen (secondary N) is 3. The lowest BCUT2D eigenvalue weighted by Crippen LogP contribution is -2.47.